The minimum absolute atomic E-state index is 0.207. The number of nitrogens with zero attached hydrogens (tertiary/aromatic N) is 4. The highest BCUT2D eigenvalue weighted by Gasteiger charge is 2.47. The highest BCUT2D eigenvalue weighted by atomic mass is 19.1. The number of aliphatic imine (C=N–C) groups is 2. The molecule has 2 atom stereocenters. The quantitative estimate of drug-likeness (QED) is 0.217. The van der Waals surface area contributed by atoms with Crippen molar-refractivity contribution >= 4 is 17.0 Å². The number of benzene rings is 4. The van der Waals surface area contributed by atoms with Crippen molar-refractivity contribution in [3.05, 3.63) is 137 Å². The fraction of sp³-hybridized carbons (Fsp3) is 0.0857. The van der Waals surface area contributed by atoms with Crippen molar-refractivity contribution in [1.29, 1.82) is 10.5 Å². The molecule has 3 aliphatic rings. The third kappa shape index (κ3) is 3.69. The lowest BCUT2D eigenvalue weighted by molar-refractivity contribution is 0.545. The normalized spacial score (nSPS) is 21.5. The molecule has 0 aliphatic heterocycles. The van der Waals surface area contributed by atoms with Gasteiger partial charge in [0.2, 0.25) is 12.4 Å². The lowest BCUT2D eigenvalue weighted by Gasteiger charge is -2.31. The third-order valence-electron chi connectivity index (χ3n) is 8.42. The third-order valence-corrected chi connectivity index (χ3v) is 8.42. The molecule has 0 heterocycles. The smallest absolute Gasteiger partial charge is 0.206 e. The fourth-order valence-electron chi connectivity index (χ4n) is 6.37. The summed E-state index contributed by atoms with van der Waals surface area (Å²) in [7, 11) is 0. The number of allylic oxidation sites excluding steroid dienone is 4. The number of hydrogen-bond donors (Lipinski definition) is 0. The van der Waals surface area contributed by atoms with E-state index in [9.17, 15) is 19.3 Å². The maximum absolute atomic E-state index is 13.6. The number of fused-ring (bicyclic) bond motifs is 6. The topological polar surface area (TPSA) is 72.3 Å². The van der Waals surface area contributed by atoms with Crippen LogP contribution in [0.1, 0.15) is 34.7 Å². The predicted octanol–water partition coefficient (Wildman–Crippen LogP) is 7.74. The SMILES string of the molecule is CC12C=CC(c3ccc(F)cc3)=CC1/C(=N\C#N)c1cc3c(cc12)/C(=N/C#N)c1cc(-c2ccc(F)cc2)ccc1-3. The Morgan fingerprint density at radius 1 is 0.683 bits per heavy atom. The Hall–Kier alpha value is -5.46. The highest BCUT2D eigenvalue weighted by Crippen LogP contribution is 2.52. The molecule has 2 unspecified atom stereocenters. The zero-order valence-corrected chi connectivity index (χ0v) is 21.9. The van der Waals surface area contributed by atoms with Crippen LogP contribution in [-0.4, -0.2) is 11.4 Å². The Kier molecular flexibility index (Phi) is 5.42. The molecule has 194 valence electrons. The van der Waals surface area contributed by atoms with E-state index >= 15 is 0 Å². The standard InChI is InChI=1S/C35H20F2N4/c1-35-13-12-23(21-4-9-25(37)10-5-21)15-32(35)34(41-19-39)30-16-27-26-11-6-22(20-2-7-24(36)8-3-20)14-28(26)33(40-18-38)29(27)17-31(30)35/h2-17,32H,1H3/b40-33+,41-34-. The molecule has 0 spiro atoms. The first-order valence-electron chi connectivity index (χ1n) is 13.1. The van der Waals surface area contributed by atoms with Gasteiger partial charge in [-0.05, 0) is 81.4 Å². The first kappa shape index (κ1) is 24.6. The number of halogens is 2. The van der Waals surface area contributed by atoms with Gasteiger partial charge in [-0.2, -0.15) is 20.5 Å². The summed E-state index contributed by atoms with van der Waals surface area (Å²) in [5.74, 6) is -0.809. The van der Waals surface area contributed by atoms with Crippen LogP contribution in [0.2, 0.25) is 0 Å². The van der Waals surface area contributed by atoms with E-state index in [1.807, 2.05) is 36.7 Å². The van der Waals surface area contributed by atoms with Crippen LogP contribution >= 0.6 is 0 Å². The zero-order chi connectivity index (χ0) is 28.3. The minimum atomic E-state index is -0.491. The molecule has 0 aromatic heterocycles. The van der Waals surface area contributed by atoms with E-state index in [1.165, 1.54) is 24.3 Å². The first-order chi connectivity index (χ1) is 19.9. The Balaban J connectivity index is 1.39. The molecular weight excluding hydrogens is 514 g/mol. The maximum atomic E-state index is 13.6. The van der Waals surface area contributed by atoms with Crippen LogP contribution in [-0.2, 0) is 5.41 Å². The molecule has 0 amide bonds. The average molecular weight is 535 g/mol. The summed E-state index contributed by atoms with van der Waals surface area (Å²) in [5, 5.41) is 19.3. The summed E-state index contributed by atoms with van der Waals surface area (Å²) in [6, 6.07) is 22.7. The second-order valence-electron chi connectivity index (χ2n) is 10.6. The van der Waals surface area contributed by atoms with Crippen molar-refractivity contribution in [2.24, 2.45) is 15.9 Å². The van der Waals surface area contributed by atoms with Gasteiger partial charge in [0.05, 0.1) is 11.4 Å². The molecule has 4 nitrogen and oxygen atoms in total. The molecule has 4 aromatic carbocycles. The van der Waals surface area contributed by atoms with Crippen LogP contribution in [0.25, 0.3) is 27.8 Å². The van der Waals surface area contributed by atoms with Gasteiger partial charge >= 0.3 is 0 Å². The molecule has 41 heavy (non-hydrogen) atoms. The minimum Gasteiger partial charge on any atom is -0.207 e. The van der Waals surface area contributed by atoms with E-state index in [1.54, 1.807) is 24.3 Å². The number of hydrogen-bond acceptors (Lipinski definition) is 4. The molecule has 3 aliphatic carbocycles. The van der Waals surface area contributed by atoms with E-state index in [2.05, 4.69) is 41.2 Å². The lowest BCUT2D eigenvalue weighted by Crippen LogP contribution is -2.29. The second kappa shape index (κ2) is 9.05. The van der Waals surface area contributed by atoms with Crippen molar-refractivity contribution in [2.75, 3.05) is 0 Å². The molecule has 0 radical (unpaired) electrons. The summed E-state index contributed by atoms with van der Waals surface area (Å²) >= 11 is 0. The van der Waals surface area contributed by atoms with Gasteiger partial charge in [-0.1, -0.05) is 61.5 Å². The molecule has 7 rings (SSSR count). The monoisotopic (exact) mass is 534 g/mol. The summed E-state index contributed by atoms with van der Waals surface area (Å²) < 4.78 is 27.1. The Labute approximate surface area is 235 Å². The van der Waals surface area contributed by atoms with Gasteiger partial charge in [0.15, 0.2) is 0 Å². The lowest BCUT2D eigenvalue weighted by atomic mass is 9.71. The second-order valence-corrected chi connectivity index (χ2v) is 10.6. The van der Waals surface area contributed by atoms with Crippen LogP contribution in [0.4, 0.5) is 8.78 Å². The largest absolute Gasteiger partial charge is 0.207 e. The van der Waals surface area contributed by atoms with Gasteiger partial charge in [0.25, 0.3) is 0 Å². The molecule has 0 saturated carbocycles. The van der Waals surface area contributed by atoms with Crippen LogP contribution in [0.5, 0.6) is 0 Å². The van der Waals surface area contributed by atoms with Crippen LogP contribution in [0.15, 0.2) is 107 Å². The van der Waals surface area contributed by atoms with E-state index < -0.39 is 5.41 Å². The maximum Gasteiger partial charge on any atom is 0.206 e. The molecule has 0 saturated heterocycles. The van der Waals surface area contributed by atoms with Crippen molar-refractivity contribution < 1.29 is 8.78 Å². The predicted molar refractivity (Wildman–Crippen MR) is 155 cm³/mol. The van der Waals surface area contributed by atoms with E-state index in [4.69, 9.17) is 0 Å². The van der Waals surface area contributed by atoms with E-state index in [-0.39, 0.29) is 17.6 Å². The number of rotatable bonds is 2. The van der Waals surface area contributed by atoms with Gasteiger partial charge in [-0.15, -0.1) is 0 Å². The van der Waals surface area contributed by atoms with Gasteiger partial charge in [0, 0.05) is 28.0 Å². The summed E-state index contributed by atoms with van der Waals surface area (Å²) in [6.45, 7) is 2.12. The Morgan fingerprint density at radius 2 is 1.32 bits per heavy atom. The van der Waals surface area contributed by atoms with Crippen LogP contribution in [0, 0.1) is 40.5 Å². The average Bonchev–Trinajstić information content (AvgIpc) is 3.41. The molecule has 0 bridgehead atoms. The van der Waals surface area contributed by atoms with Crippen molar-refractivity contribution in [2.45, 2.75) is 12.3 Å². The van der Waals surface area contributed by atoms with Crippen molar-refractivity contribution in [3.63, 3.8) is 0 Å². The molecule has 6 heteroatoms. The summed E-state index contributed by atoms with van der Waals surface area (Å²) in [6.07, 6.45) is 10.2. The Bertz CT molecular complexity index is 1980. The van der Waals surface area contributed by atoms with Gasteiger partial charge in [-0.3, -0.25) is 0 Å². The van der Waals surface area contributed by atoms with Gasteiger partial charge in [-0.25, -0.2) is 8.78 Å². The molecule has 0 N–H and O–H groups in total. The number of nitriles is 2. The zero-order valence-electron chi connectivity index (χ0n) is 21.9. The van der Waals surface area contributed by atoms with Crippen molar-refractivity contribution in [3.8, 4) is 34.6 Å². The van der Waals surface area contributed by atoms with E-state index in [0.717, 1.165) is 55.6 Å². The van der Waals surface area contributed by atoms with Crippen molar-refractivity contribution in [1.82, 2.24) is 0 Å². The first-order valence-corrected chi connectivity index (χ1v) is 13.1. The molecule has 0 fully saturated rings. The van der Waals surface area contributed by atoms with Crippen LogP contribution in [0.3, 0.4) is 0 Å². The summed E-state index contributed by atoms with van der Waals surface area (Å²) in [4.78, 5) is 8.55. The van der Waals surface area contributed by atoms with Gasteiger partial charge in [0.1, 0.15) is 11.6 Å². The Morgan fingerprint density at radius 3 is 2.00 bits per heavy atom. The fourth-order valence-corrected chi connectivity index (χ4v) is 6.37. The molecular formula is C35H20F2N4. The van der Waals surface area contributed by atoms with Crippen LogP contribution < -0.4 is 0 Å². The molecule has 4 aromatic rings. The van der Waals surface area contributed by atoms with Gasteiger partial charge < -0.3 is 0 Å². The summed E-state index contributed by atoms with van der Waals surface area (Å²) in [5.41, 5.74) is 9.72. The van der Waals surface area contributed by atoms with E-state index in [0.29, 0.717) is 11.4 Å². The highest BCUT2D eigenvalue weighted by molar-refractivity contribution is 6.26.